The Hall–Kier alpha value is 0.430. The Balaban J connectivity index is 0. The molecule has 0 spiro atoms. The van der Waals surface area contributed by atoms with Crippen molar-refractivity contribution in [1.29, 1.82) is 0 Å². The molecule has 0 heterocycles. The van der Waals surface area contributed by atoms with Crippen molar-refractivity contribution >= 4 is 35.5 Å². The van der Waals surface area contributed by atoms with Crippen LogP contribution in [-0.2, 0) is 9.53 Å². The van der Waals surface area contributed by atoms with Crippen LogP contribution in [0.25, 0.3) is 0 Å². The van der Waals surface area contributed by atoms with Crippen molar-refractivity contribution in [2.24, 2.45) is 0 Å². The molecule has 3 nitrogen and oxygen atoms in total. The number of esters is 1. The molecule has 0 fully saturated rings. The third-order valence-corrected chi connectivity index (χ3v) is 1.33. The molecule has 12 heavy (non-hydrogen) atoms. The van der Waals surface area contributed by atoms with Crippen LogP contribution in [0.15, 0.2) is 0 Å². The minimum absolute atomic E-state index is 0. The Morgan fingerprint density at radius 2 is 2.08 bits per heavy atom. The number of ether oxygens (including phenoxy) is 1. The van der Waals surface area contributed by atoms with Crippen molar-refractivity contribution < 1.29 is 9.53 Å². The fourth-order valence-electron chi connectivity index (χ4n) is 0.733. The van der Waals surface area contributed by atoms with E-state index in [2.05, 4.69) is 12.2 Å². The number of carbonyl (C=O) groups is 1. The molecule has 0 aliphatic carbocycles. The van der Waals surface area contributed by atoms with Gasteiger partial charge in [0.05, 0.1) is 13.2 Å². The Morgan fingerprint density at radius 1 is 1.42 bits per heavy atom. The zero-order valence-electron chi connectivity index (χ0n) is 7.35. The van der Waals surface area contributed by atoms with Gasteiger partial charge in [0.1, 0.15) is 0 Å². The SMILES string of the molecule is CCCCCOC(=O)CNC.[NaH]. The molecule has 0 rings (SSSR count). The van der Waals surface area contributed by atoms with Gasteiger partial charge in [-0.3, -0.25) is 4.79 Å². The van der Waals surface area contributed by atoms with Crippen LogP contribution in [-0.4, -0.2) is 55.7 Å². The van der Waals surface area contributed by atoms with Gasteiger partial charge in [-0.2, -0.15) is 0 Å². The van der Waals surface area contributed by atoms with Crippen LogP contribution in [0.2, 0.25) is 0 Å². The summed E-state index contributed by atoms with van der Waals surface area (Å²) in [6.45, 7) is 3.00. The second kappa shape index (κ2) is 11.4. The van der Waals surface area contributed by atoms with Crippen molar-refractivity contribution in [3.8, 4) is 0 Å². The first-order chi connectivity index (χ1) is 5.31. The molecule has 0 aliphatic rings. The van der Waals surface area contributed by atoms with E-state index in [1.807, 2.05) is 0 Å². The summed E-state index contributed by atoms with van der Waals surface area (Å²) in [4.78, 5) is 10.7. The van der Waals surface area contributed by atoms with E-state index in [0.29, 0.717) is 13.2 Å². The van der Waals surface area contributed by atoms with Gasteiger partial charge >= 0.3 is 35.5 Å². The van der Waals surface area contributed by atoms with Crippen LogP contribution >= 0.6 is 0 Å². The Labute approximate surface area is 96.5 Å². The zero-order valence-corrected chi connectivity index (χ0v) is 7.35. The molecule has 68 valence electrons. The first-order valence-corrected chi connectivity index (χ1v) is 4.11. The molecular formula is C8H18NNaO2. The molecule has 0 aromatic heterocycles. The number of nitrogens with one attached hydrogen (secondary N) is 1. The van der Waals surface area contributed by atoms with Crippen molar-refractivity contribution in [1.82, 2.24) is 5.32 Å². The number of likely N-dealkylation sites (N-methyl/N-ethyl adjacent to an activating group) is 1. The van der Waals surface area contributed by atoms with Gasteiger partial charge in [-0.25, -0.2) is 0 Å². The van der Waals surface area contributed by atoms with E-state index < -0.39 is 0 Å². The Morgan fingerprint density at radius 3 is 2.58 bits per heavy atom. The van der Waals surface area contributed by atoms with Gasteiger partial charge in [-0.05, 0) is 13.5 Å². The molecule has 0 aromatic carbocycles. The van der Waals surface area contributed by atoms with Gasteiger partial charge in [-0.1, -0.05) is 19.8 Å². The van der Waals surface area contributed by atoms with Gasteiger partial charge in [0.15, 0.2) is 0 Å². The summed E-state index contributed by atoms with van der Waals surface area (Å²) in [6, 6.07) is 0. The summed E-state index contributed by atoms with van der Waals surface area (Å²) in [6.07, 6.45) is 3.27. The van der Waals surface area contributed by atoms with E-state index in [9.17, 15) is 4.79 Å². The molecule has 4 heteroatoms. The maximum absolute atomic E-state index is 10.7. The van der Waals surface area contributed by atoms with Crippen molar-refractivity contribution in [2.75, 3.05) is 20.2 Å². The van der Waals surface area contributed by atoms with Crippen molar-refractivity contribution in [2.45, 2.75) is 26.2 Å². The molecule has 0 bridgehead atoms. The number of hydrogen-bond acceptors (Lipinski definition) is 3. The monoisotopic (exact) mass is 183 g/mol. The summed E-state index contributed by atoms with van der Waals surface area (Å²) in [7, 11) is 1.73. The van der Waals surface area contributed by atoms with E-state index in [0.717, 1.165) is 19.3 Å². The van der Waals surface area contributed by atoms with Gasteiger partial charge in [0.2, 0.25) is 0 Å². The number of rotatable bonds is 6. The average molecular weight is 183 g/mol. The molecule has 0 atom stereocenters. The Bertz CT molecular complexity index is 109. The van der Waals surface area contributed by atoms with Crippen LogP contribution in [0.1, 0.15) is 26.2 Å². The van der Waals surface area contributed by atoms with E-state index in [4.69, 9.17) is 4.74 Å². The number of carbonyl (C=O) groups excluding carboxylic acids is 1. The average Bonchev–Trinajstić information content (AvgIpc) is 1.99. The molecular weight excluding hydrogens is 165 g/mol. The predicted molar refractivity (Wildman–Crippen MR) is 51.6 cm³/mol. The molecule has 0 amide bonds. The van der Waals surface area contributed by atoms with E-state index >= 15 is 0 Å². The van der Waals surface area contributed by atoms with Crippen LogP contribution < -0.4 is 5.32 Å². The standard InChI is InChI=1S/C8H17NO2.Na.H/c1-3-4-5-6-11-8(10)7-9-2;;/h9H,3-7H2,1-2H3;;. The normalized spacial score (nSPS) is 8.83. The number of hydrogen-bond donors (Lipinski definition) is 1. The molecule has 1 N–H and O–H groups in total. The Kier molecular flexibility index (Phi) is 14.2. The van der Waals surface area contributed by atoms with E-state index in [-0.39, 0.29) is 35.5 Å². The first-order valence-electron chi connectivity index (χ1n) is 4.11. The van der Waals surface area contributed by atoms with Crippen LogP contribution in [0.3, 0.4) is 0 Å². The maximum atomic E-state index is 10.7. The zero-order chi connectivity index (χ0) is 8.53. The van der Waals surface area contributed by atoms with E-state index in [1.54, 1.807) is 7.05 Å². The van der Waals surface area contributed by atoms with Crippen LogP contribution in [0, 0.1) is 0 Å². The molecule has 0 saturated carbocycles. The molecule has 0 aromatic rings. The first kappa shape index (κ1) is 14.9. The molecule has 0 unspecified atom stereocenters. The molecule has 0 aliphatic heterocycles. The van der Waals surface area contributed by atoms with Crippen LogP contribution in [0.4, 0.5) is 0 Å². The van der Waals surface area contributed by atoms with Crippen molar-refractivity contribution in [3.63, 3.8) is 0 Å². The topological polar surface area (TPSA) is 38.3 Å². The molecule has 0 radical (unpaired) electrons. The summed E-state index contributed by atoms with van der Waals surface area (Å²) >= 11 is 0. The van der Waals surface area contributed by atoms with Gasteiger partial charge < -0.3 is 10.1 Å². The fraction of sp³-hybridized carbons (Fsp3) is 0.875. The van der Waals surface area contributed by atoms with Gasteiger partial charge in [0, 0.05) is 0 Å². The van der Waals surface area contributed by atoms with Crippen LogP contribution in [0.5, 0.6) is 0 Å². The summed E-state index contributed by atoms with van der Waals surface area (Å²) in [5.74, 6) is -0.163. The second-order valence-electron chi connectivity index (χ2n) is 2.46. The summed E-state index contributed by atoms with van der Waals surface area (Å²) in [5, 5.41) is 2.73. The predicted octanol–water partition coefficient (Wildman–Crippen LogP) is 0.291. The summed E-state index contributed by atoms with van der Waals surface area (Å²) < 4.78 is 4.88. The van der Waals surface area contributed by atoms with Gasteiger partial charge in [0.25, 0.3) is 0 Å². The minimum atomic E-state index is -0.163. The second-order valence-corrected chi connectivity index (χ2v) is 2.46. The summed E-state index contributed by atoms with van der Waals surface area (Å²) in [5.41, 5.74) is 0. The fourth-order valence-corrected chi connectivity index (χ4v) is 0.733. The number of unbranched alkanes of at least 4 members (excludes halogenated alkanes) is 2. The van der Waals surface area contributed by atoms with Gasteiger partial charge in [-0.15, -0.1) is 0 Å². The van der Waals surface area contributed by atoms with Crippen molar-refractivity contribution in [3.05, 3.63) is 0 Å². The molecule has 0 saturated heterocycles. The third kappa shape index (κ3) is 10.4. The van der Waals surface area contributed by atoms with E-state index in [1.165, 1.54) is 0 Å². The quantitative estimate of drug-likeness (QED) is 0.365. The third-order valence-electron chi connectivity index (χ3n) is 1.33.